The average Bonchev–Trinajstić information content (AvgIpc) is 2.64. The highest BCUT2D eigenvalue weighted by molar-refractivity contribution is 5.66. The van der Waals surface area contributed by atoms with Gasteiger partial charge in [0, 0.05) is 19.5 Å². The second-order valence-electron chi connectivity index (χ2n) is 8.45. The van der Waals surface area contributed by atoms with Crippen LogP contribution in [0.3, 0.4) is 0 Å². The van der Waals surface area contributed by atoms with Crippen molar-refractivity contribution in [1.29, 1.82) is 0 Å². The third-order valence-corrected chi connectivity index (χ3v) is 4.87. The number of carbonyl (C=O) groups is 1. The number of carboxylic acids is 1. The lowest BCUT2D eigenvalue weighted by atomic mass is 10.0. The summed E-state index contributed by atoms with van der Waals surface area (Å²) in [7, 11) is 0. The van der Waals surface area contributed by atoms with E-state index in [2.05, 4.69) is 12.2 Å². The van der Waals surface area contributed by atoms with Gasteiger partial charge in [0.15, 0.2) is 0 Å². The van der Waals surface area contributed by atoms with Gasteiger partial charge in [0.05, 0.1) is 12.2 Å². The Labute approximate surface area is 180 Å². The van der Waals surface area contributed by atoms with Crippen molar-refractivity contribution in [3.05, 3.63) is 0 Å². The first kappa shape index (κ1) is 30.5. The van der Waals surface area contributed by atoms with Crippen molar-refractivity contribution < 1.29 is 20.1 Å². The molecule has 0 aromatic heterocycles. The molecule has 4 N–H and O–H groups in total. The monoisotopic (exact) mass is 417 g/mol. The first-order valence-corrected chi connectivity index (χ1v) is 12.2. The van der Waals surface area contributed by atoms with Crippen LogP contribution in [0.1, 0.15) is 124 Å². The molecule has 176 valence electrons. The van der Waals surface area contributed by atoms with Crippen molar-refractivity contribution in [3.8, 4) is 0 Å². The summed E-state index contributed by atoms with van der Waals surface area (Å²) in [6.07, 6.45) is 19.5. The summed E-state index contributed by atoms with van der Waals surface area (Å²) in [5.74, 6) is -0.653. The largest absolute Gasteiger partial charge is 0.481 e. The molecule has 0 spiro atoms. The minimum Gasteiger partial charge on any atom is -0.481 e. The topological polar surface area (TPSA) is 89.8 Å². The zero-order valence-electron chi connectivity index (χ0n) is 19.6. The maximum absolute atomic E-state index is 10.3. The molecule has 5 heteroatoms. The molecule has 0 aromatic carbocycles. The molecule has 5 nitrogen and oxygen atoms in total. The lowest BCUT2D eigenvalue weighted by molar-refractivity contribution is -0.137. The van der Waals surface area contributed by atoms with Crippen LogP contribution in [-0.4, -0.2) is 46.6 Å². The Balaban J connectivity index is 0. The van der Waals surface area contributed by atoms with Crippen LogP contribution in [0.4, 0.5) is 0 Å². The second-order valence-corrected chi connectivity index (χ2v) is 8.45. The van der Waals surface area contributed by atoms with E-state index in [0.29, 0.717) is 19.5 Å². The SMILES string of the molecule is CC(O)CNCC(C)O.CCCCCCCCCCCCCCCCCC(=O)O. The Morgan fingerprint density at radius 2 is 0.966 bits per heavy atom. The maximum Gasteiger partial charge on any atom is 0.303 e. The van der Waals surface area contributed by atoms with Crippen LogP contribution in [0.25, 0.3) is 0 Å². The van der Waals surface area contributed by atoms with E-state index in [1.54, 1.807) is 13.8 Å². The van der Waals surface area contributed by atoms with Crippen LogP contribution in [0.15, 0.2) is 0 Å². The number of carboxylic acid groups (broad SMARTS) is 1. The lowest BCUT2D eigenvalue weighted by Crippen LogP contribution is -2.30. The second kappa shape index (κ2) is 25.4. The molecule has 0 aliphatic heterocycles. The Hall–Kier alpha value is -0.650. The molecule has 0 heterocycles. The molecule has 0 aromatic rings. The van der Waals surface area contributed by atoms with Gasteiger partial charge in [-0.1, -0.05) is 96.8 Å². The van der Waals surface area contributed by atoms with Gasteiger partial charge in [-0.15, -0.1) is 0 Å². The van der Waals surface area contributed by atoms with E-state index >= 15 is 0 Å². The third-order valence-electron chi connectivity index (χ3n) is 4.87. The van der Waals surface area contributed by atoms with E-state index in [9.17, 15) is 4.79 Å². The molecule has 0 fully saturated rings. The van der Waals surface area contributed by atoms with E-state index in [0.717, 1.165) is 12.8 Å². The van der Waals surface area contributed by atoms with Gasteiger partial charge in [-0.25, -0.2) is 0 Å². The number of rotatable bonds is 20. The first-order valence-electron chi connectivity index (χ1n) is 12.2. The van der Waals surface area contributed by atoms with Crippen LogP contribution in [0.2, 0.25) is 0 Å². The molecule has 0 saturated carbocycles. The summed E-state index contributed by atoms with van der Waals surface area (Å²) in [6, 6.07) is 0. The van der Waals surface area contributed by atoms with E-state index in [-0.39, 0.29) is 12.2 Å². The molecule has 0 aliphatic carbocycles. The van der Waals surface area contributed by atoms with E-state index in [1.807, 2.05) is 0 Å². The predicted molar refractivity (Wildman–Crippen MR) is 123 cm³/mol. The fourth-order valence-electron chi connectivity index (χ4n) is 3.15. The third kappa shape index (κ3) is 35.2. The van der Waals surface area contributed by atoms with Crippen LogP contribution < -0.4 is 5.32 Å². The van der Waals surface area contributed by atoms with Crippen molar-refractivity contribution in [2.24, 2.45) is 0 Å². The zero-order valence-corrected chi connectivity index (χ0v) is 19.6. The fourth-order valence-corrected chi connectivity index (χ4v) is 3.15. The molecule has 0 saturated heterocycles. The lowest BCUT2D eigenvalue weighted by Gasteiger charge is -2.07. The van der Waals surface area contributed by atoms with Crippen LogP contribution in [-0.2, 0) is 4.79 Å². The van der Waals surface area contributed by atoms with E-state index < -0.39 is 5.97 Å². The molecule has 0 amide bonds. The van der Waals surface area contributed by atoms with Crippen molar-refractivity contribution in [2.75, 3.05) is 13.1 Å². The number of unbranched alkanes of at least 4 members (excludes halogenated alkanes) is 14. The first-order chi connectivity index (χ1) is 13.9. The molecule has 0 radical (unpaired) electrons. The molecule has 2 atom stereocenters. The summed E-state index contributed by atoms with van der Waals surface area (Å²) < 4.78 is 0. The van der Waals surface area contributed by atoms with Crippen molar-refractivity contribution in [1.82, 2.24) is 5.32 Å². The van der Waals surface area contributed by atoms with Gasteiger partial charge in [0.25, 0.3) is 0 Å². The molecule has 2 unspecified atom stereocenters. The number of hydrogen-bond acceptors (Lipinski definition) is 4. The molecule has 0 bridgehead atoms. The zero-order chi connectivity index (χ0) is 22.2. The highest BCUT2D eigenvalue weighted by Crippen LogP contribution is 2.13. The van der Waals surface area contributed by atoms with Gasteiger partial charge in [-0.2, -0.15) is 0 Å². The molecule has 0 rings (SSSR count). The maximum atomic E-state index is 10.3. The quantitative estimate of drug-likeness (QED) is 0.192. The Bertz CT molecular complexity index is 314. The molecular formula is C24H51NO4. The Morgan fingerprint density at radius 1 is 0.655 bits per heavy atom. The summed E-state index contributed by atoms with van der Waals surface area (Å²) in [5, 5.41) is 28.8. The fraction of sp³-hybridized carbons (Fsp3) is 0.958. The summed E-state index contributed by atoms with van der Waals surface area (Å²) >= 11 is 0. The van der Waals surface area contributed by atoms with Crippen LogP contribution in [0, 0.1) is 0 Å². The highest BCUT2D eigenvalue weighted by atomic mass is 16.4. The summed E-state index contributed by atoms with van der Waals surface area (Å²) in [5.41, 5.74) is 0. The molecular weight excluding hydrogens is 366 g/mol. The summed E-state index contributed by atoms with van der Waals surface area (Å²) in [6.45, 7) is 6.77. The highest BCUT2D eigenvalue weighted by Gasteiger charge is 1.97. The van der Waals surface area contributed by atoms with E-state index in [4.69, 9.17) is 15.3 Å². The van der Waals surface area contributed by atoms with Gasteiger partial charge < -0.3 is 20.6 Å². The van der Waals surface area contributed by atoms with Gasteiger partial charge in [-0.3, -0.25) is 4.79 Å². The van der Waals surface area contributed by atoms with E-state index in [1.165, 1.54) is 83.5 Å². The van der Waals surface area contributed by atoms with Crippen molar-refractivity contribution >= 4 is 5.97 Å². The van der Waals surface area contributed by atoms with Crippen LogP contribution in [0.5, 0.6) is 0 Å². The van der Waals surface area contributed by atoms with Gasteiger partial charge in [0.2, 0.25) is 0 Å². The minimum absolute atomic E-state index is 0.330. The minimum atomic E-state index is -0.653. The number of aliphatic hydroxyl groups is 2. The van der Waals surface area contributed by atoms with Crippen molar-refractivity contribution in [3.63, 3.8) is 0 Å². The summed E-state index contributed by atoms with van der Waals surface area (Å²) in [4.78, 5) is 10.3. The molecule has 29 heavy (non-hydrogen) atoms. The number of nitrogens with one attached hydrogen (secondary N) is 1. The van der Waals surface area contributed by atoms with Crippen molar-refractivity contribution in [2.45, 2.75) is 136 Å². The van der Waals surface area contributed by atoms with Gasteiger partial charge >= 0.3 is 5.97 Å². The number of aliphatic hydroxyl groups excluding tert-OH is 2. The average molecular weight is 418 g/mol. The van der Waals surface area contributed by atoms with Gasteiger partial charge in [-0.05, 0) is 20.3 Å². The molecule has 0 aliphatic rings. The van der Waals surface area contributed by atoms with Gasteiger partial charge in [0.1, 0.15) is 0 Å². The standard InChI is InChI=1S/C18H36O2.C6H15NO2/c1-2-3-4-5-6-7-8-9-10-11-12-13-14-15-16-17-18(19)20;1-5(8)3-7-4-6(2)9/h2-17H2,1H3,(H,19,20);5-9H,3-4H2,1-2H3. The predicted octanol–water partition coefficient (Wildman–Crippen LogP) is 5.67. The Kier molecular flexibility index (Phi) is 26.7. The van der Waals surface area contributed by atoms with Crippen LogP contribution >= 0.6 is 0 Å². The smallest absolute Gasteiger partial charge is 0.303 e. The number of aliphatic carboxylic acids is 1. The Morgan fingerprint density at radius 3 is 1.24 bits per heavy atom. The number of hydrogen-bond donors (Lipinski definition) is 4. The normalized spacial score (nSPS) is 12.9.